The highest BCUT2D eigenvalue weighted by Gasteiger charge is 2.27. The summed E-state index contributed by atoms with van der Waals surface area (Å²) < 4.78 is 10.2. The van der Waals surface area contributed by atoms with Crippen LogP contribution in [-0.4, -0.2) is 64.4 Å². The van der Waals surface area contributed by atoms with Crippen molar-refractivity contribution in [2.24, 2.45) is 5.92 Å². The first kappa shape index (κ1) is 22.0. The number of para-hydroxylation sites is 1. The number of benzene rings is 2. The molecule has 0 N–H and O–H groups in total. The minimum Gasteiger partial charge on any atom is -0.378 e. The largest absolute Gasteiger partial charge is 0.378 e. The van der Waals surface area contributed by atoms with Gasteiger partial charge in [-0.05, 0) is 37.2 Å². The number of aromatic nitrogens is 3. The molecule has 2 aromatic carbocycles. The average Bonchev–Trinajstić information content (AvgIpc) is 3.21. The van der Waals surface area contributed by atoms with Crippen molar-refractivity contribution in [1.82, 2.24) is 19.2 Å². The third-order valence-electron chi connectivity index (χ3n) is 6.48. The van der Waals surface area contributed by atoms with Gasteiger partial charge < -0.3 is 9.64 Å². The van der Waals surface area contributed by atoms with Crippen molar-refractivity contribution < 1.29 is 9.53 Å². The fourth-order valence-corrected chi connectivity index (χ4v) is 4.91. The lowest BCUT2D eigenvalue weighted by atomic mass is 9.89. The standard InChI is InChI=1S/C25H29N5O2S/c31-23(20-7-3-1-4-8-20)21-11-13-27(14-12-21)19-29-25(33)30(22-9-5-2-6-10-22)24(26-29)28-15-17-32-18-16-28/h1-10,21H,11-19H2. The Morgan fingerprint density at radius 2 is 1.58 bits per heavy atom. The topological polar surface area (TPSA) is 55.5 Å². The number of hydrogen-bond acceptors (Lipinski definition) is 6. The van der Waals surface area contributed by atoms with Crippen molar-refractivity contribution in [2.45, 2.75) is 19.5 Å². The lowest BCUT2D eigenvalue weighted by Gasteiger charge is -2.31. The van der Waals surface area contributed by atoms with Crippen LogP contribution in [0, 0.1) is 10.7 Å². The van der Waals surface area contributed by atoms with E-state index < -0.39 is 0 Å². The summed E-state index contributed by atoms with van der Waals surface area (Å²) in [5, 5.41) is 4.94. The number of likely N-dealkylation sites (tertiary alicyclic amines) is 1. The third-order valence-corrected chi connectivity index (χ3v) is 6.87. The second-order valence-corrected chi connectivity index (χ2v) is 8.98. The zero-order valence-corrected chi connectivity index (χ0v) is 19.5. The van der Waals surface area contributed by atoms with Crippen LogP contribution in [0.5, 0.6) is 0 Å². The summed E-state index contributed by atoms with van der Waals surface area (Å²) in [5.74, 6) is 1.21. The maximum absolute atomic E-state index is 12.8. The van der Waals surface area contributed by atoms with Gasteiger partial charge in [0.1, 0.15) is 0 Å². The predicted molar refractivity (Wildman–Crippen MR) is 130 cm³/mol. The van der Waals surface area contributed by atoms with Crippen LogP contribution in [0.3, 0.4) is 0 Å². The van der Waals surface area contributed by atoms with Gasteiger partial charge in [-0.25, -0.2) is 4.68 Å². The Morgan fingerprint density at radius 1 is 0.939 bits per heavy atom. The molecule has 0 amide bonds. The number of carbonyl (C=O) groups is 1. The quantitative estimate of drug-likeness (QED) is 0.410. The zero-order chi connectivity index (χ0) is 22.6. The summed E-state index contributed by atoms with van der Waals surface area (Å²) in [6.07, 6.45) is 1.72. The molecule has 3 aromatic rings. The van der Waals surface area contributed by atoms with Crippen LogP contribution in [0.25, 0.3) is 5.69 Å². The van der Waals surface area contributed by atoms with E-state index in [0.717, 1.165) is 56.2 Å². The Bertz CT molecular complexity index is 1130. The summed E-state index contributed by atoms with van der Waals surface area (Å²) in [7, 11) is 0. The van der Waals surface area contributed by atoms with E-state index in [1.54, 1.807) is 0 Å². The minimum atomic E-state index is 0.0856. The molecule has 33 heavy (non-hydrogen) atoms. The number of morpholine rings is 1. The molecule has 3 heterocycles. The molecular weight excluding hydrogens is 434 g/mol. The molecule has 0 radical (unpaired) electrons. The van der Waals surface area contributed by atoms with E-state index in [1.807, 2.05) is 53.2 Å². The summed E-state index contributed by atoms with van der Waals surface area (Å²) in [6.45, 7) is 5.32. The highest BCUT2D eigenvalue weighted by molar-refractivity contribution is 7.71. The highest BCUT2D eigenvalue weighted by Crippen LogP contribution is 2.24. The predicted octanol–water partition coefficient (Wildman–Crippen LogP) is 3.79. The van der Waals surface area contributed by atoms with Gasteiger partial charge in [-0.1, -0.05) is 48.5 Å². The number of ketones is 1. The first-order chi connectivity index (χ1) is 16.2. The number of nitrogens with zero attached hydrogens (tertiary/aromatic N) is 5. The van der Waals surface area contributed by atoms with Crippen LogP contribution < -0.4 is 4.90 Å². The van der Waals surface area contributed by atoms with Gasteiger partial charge in [0.15, 0.2) is 5.78 Å². The average molecular weight is 464 g/mol. The van der Waals surface area contributed by atoms with Crippen LogP contribution in [-0.2, 0) is 11.4 Å². The van der Waals surface area contributed by atoms with E-state index in [2.05, 4.69) is 26.5 Å². The normalized spacial score (nSPS) is 17.9. The monoisotopic (exact) mass is 463 g/mol. The molecule has 2 fully saturated rings. The maximum atomic E-state index is 12.8. The van der Waals surface area contributed by atoms with E-state index in [1.165, 1.54) is 0 Å². The van der Waals surface area contributed by atoms with Gasteiger partial charge in [-0.2, -0.15) is 0 Å². The van der Waals surface area contributed by atoms with Gasteiger partial charge in [0.05, 0.1) is 25.6 Å². The van der Waals surface area contributed by atoms with Gasteiger partial charge in [0.2, 0.25) is 10.7 Å². The van der Waals surface area contributed by atoms with Crippen LogP contribution in [0.1, 0.15) is 23.2 Å². The Hall–Kier alpha value is -2.81. The fraction of sp³-hybridized carbons (Fsp3) is 0.400. The van der Waals surface area contributed by atoms with Gasteiger partial charge in [0.25, 0.3) is 0 Å². The molecule has 2 aliphatic rings. The number of anilines is 1. The van der Waals surface area contributed by atoms with E-state index in [4.69, 9.17) is 22.1 Å². The molecule has 2 aliphatic heterocycles. The first-order valence-electron chi connectivity index (χ1n) is 11.6. The molecule has 0 unspecified atom stereocenters. The maximum Gasteiger partial charge on any atom is 0.230 e. The van der Waals surface area contributed by atoms with E-state index in [9.17, 15) is 4.79 Å². The Balaban J connectivity index is 1.32. The summed E-state index contributed by atoms with van der Waals surface area (Å²) in [4.78, 5) is 17.4. The molecule has 0 aliphatic carbocycles. The molecule has 8 heteroatoms. The Kier molecular flexibility index (Phi) is 6.66. The third kappa shape index (κ3) is 4.78. The molecule has 1 aromatic heterocycles. The van der Waals surface area contributed by atoms with Gasteiger partial charge >= 0.3 is 0 Å². The van der Waals surface area contributed by atoms with Crippen molar-refractivity contribution in [3.8, 4) is 5.69 Å². The molecule has 2 saturated heterocycles. The summed E-state index contributed by atoms with van der Waals surface area (Å²) in [6, 6.07) is 19.8. The number of rotatable bonds is 6. The van der Waals surface area contributed by atoms with Crippen LogP contribution in [0.2, 0.25) is 0 Å². The fourth-order valence-electron chi connectivity index (χ4n) is 4.62. The number of Topliss-reactive ketones (excluding diaryl/α,β-unsaturated/α-hetero) is 1. The molecule has 5 rings (SSSR count). The number of ether oxygens (including phenoxy) is 1. The SMILES string of the molecule is O=C(c1ccccc1)C1CCN(Cn2nc(N3CCOCC3)n(-c3ccccc3)c2=S)CC1. The van der Waals surface area contributed by atoms with Gasteiger partial charge in [-0.15, -0.1) is 5.10 Å². The van der Waals surface area contributed by atoms with Crippen molar-refractivity contribution >= 4 is 23.9 Å². The molecule has 0 atom stereocenters. The second kappa shape index (κ2) is 9.99. The summed E-state index contributed by atoms with van der Waals surface area (Å²) >= 11 is 5.89. The second-order valence-electron chi connectivity index (χ2n) is 8.62. The Labute approximate surface area is 199 Å². The minimum absolute atomic E-state index is 0.0856. The molecule has 172 valence electrons. The van der Waals surface area contributed by atoms with E-state index in [-0.39, 0.29) is 11.7 Å². The first-order valence-corrected chi connectivity index (χ1v) is 12.0. The lowest BCUT2D eigenvalue weighted by Crippen LogP contribution is -2.38. The van der Waals surface area contributed by atoms with Crippen LogP contribution in [0.4, 0.5) is 5.95 Å². The van der Waals surface area contributed by atoms with Gasteiger partial charge in [0, 0.05) is 37.7 Å². The number of hydrogen-bond donors (Lipinski definition) is 0. The highest BCUT2D eigenvalue weighted by atomic mass is 32.1. The molecule has 7 nitrogen and oxygen atoms in total. The van der Waals surface area contributed by atoms with Crippen molar-refractivity contribution in [1.29, 1.82) is 0 Å². The van der Waals surface area contributed by atoms with Crippen molar-refractivity contribution in [3.63, 3.8) is 0 Å². The zero-order valence-electron chi connectivity index (χ0n) is 18.7. The molecule has 0 spiro atoms. The lowest BCUT2D eigenvalue weighted by molar-refractivity contribution is 0.0803. The molecule has 0 saturated carbocycles. The number of piperidine rings is 1. The number of carbonyl (C=O) groups excluding carboxylic acids is 1. The van der Waals surface area contributed by atoms with Crippen LogP contribution >= 0.6 is 12.2 Å². The van der Waals surface area contributed by atoms with E-state index >= 15 is 0 Å². The smallest absolute Gasteiger partial charge is 0.230 e. The van der Waals surface area contributed by atoms with Crippen LogP contribution in [0.15, 0.2) is 60.7 Å². The molecular formula is C25H29N5O2S. The summed E-state index contributed by atoms with van der Waals surface area (Å²) in [5.41, 5.74) is 1.83. The van der Waals surface area contributed by atoms with E-state index in [0.29, 0.717) is 24.7 Å². The van der Waals surface area contributed by atoms with Gasteiger partial charge in [-0.3, -0.25) is 14.3 Å². The molecule has 0 bridgehead atoms. The van der Waals surface area contributed by atoms with Crippen molar-refractivity contribution in [2.75, 3.05) is 44.3 Å². The Morgan fingerprint density at radius 3 is 2.24 bits per heavy atom. The van der Waals surface area contributed by atoms with Crippen molar-refractivity contribution in [3.05, 3.63) is 71.0 Å².